The third kappa shape index (κ3) is 1.46. The fourth-order valence-corrected chi connectivity index (χ4v) is 2.43. The van der Waals surface area contributed by atoms with E-state index in [9.17, 15) is 0 Å². The number of imidazole rings is 1. The highest BCUT2D eigenvalue weighted by Crippen LogP contribution is 2.27. The lowest BCUT2D eigenvalue weighted by Gasteiger charge is -2.09. The van der Waals surface area contributed by atoms with Gasteiger partial charge in [-0.15, -0.1) is 0 Å². The molecule has 4 heteroatoms. The van der Waals surface area contributed by atoms with E-state index in [1.165, 1.54) is 5.69 Å². The number of fused-ring (bicyclic) bond motifs is 2. The molecular formula is C14H13N3O. The predicted molar refractivity (Wildman–Crippen MR) is 69.2 cm³/mol. The number of aromatic amines is 1. The molecule has 0 unspecified atom stereocenters. The van der Waals surface area contributed by atoms with Gasteiger partial charge in [-0.1, -0.05) is 18.2 Å². The van der Waals surface area contributed by atoms with Crippen LogP contribution in [0.3, 0.4) is 0 Å². The Labute approximate surface area is 104 Å². The summed E-state index contributed by atoms with van der Waals surface area (Å²) in [6.45, 7) is 1.86. The van der Waals surface area contributed by atoms with Gasteiger partial charge in [-0.25, -0.2) is 4.98 Å². The van der Waals surface area contributed by atoms with Crippen LogP contribution in [0.25, 0.3) is 22.6 Å². The van der Waals surface area contributed by atoms with Gasteiger partial charge in [0.25, 0.3) is 0 Å². The minimum absolute atomic E-state index is 0.811. The number of nitrogens with zero attached hydrogens (tertiary/aromatic N) is 1. The molecule has 0 spiro atoms. The normalized spacial score (nSPS) is 14.9. The Morgan fingerprint density at radius 2 is 2.17 bits per heavy atom. The van der Waals surface area contributed by atoms with Crippen molar-refractivity contribution in [3.05, 3.63) is 41.7 Å². The standard InChI is InChI=1S/C14H13N3O/c1-2-4-12-9(3-1)7-13(18-12)14-16-10-5-6-15-8-11(10)17-14/h1-4,7,15H,5-6,8H2,(H,16,17). The number of rotatable bonds is 1. The van der Waals surface area contributed by atoms with Crippen LogP contribution in [0.1, 0.15) is 11.4 Å². The average Bonchev–Trinajstić information content (AvgIpc) is 3.02. The van der Waals surface area contributed by atoms with Crippen LogP contribution in [0, 0.1) is 0 Å². The molecule has 0 bridgehead atoms. The van der Waals surface area contributed by atoms with Crippen molar-refractivity contribution in [1.29, 1.82) is 0 Å². The summed E-state index contributed by atoms with van der Waals surface area (Å²) in [7, 11) is 0. The minimum Gasteiger partial charge on any atom is -0.453 e. The summed E-state index contributed by atoms with van der Waals surface area (Å²) in [5, 5.41) is 4.44. The zero-order valence-corrected chi connectivity index (χ0v) is 9.86. The quantitative estimate of drug-likeness (QED) is 0.686. The van der Waals surface area contributed by atoms with Gasteiger partial charge in [0.15, 0.2) is 11.6 Å². The predicted octanol–water partition coefficient (Wildman–Crippen LogP) is 2.47. The summed E-state index contributed by atoms with van der Waals surface area (Å²) >= 11 is 0. The zero-order chi connectivity index (χ0) is 11.9. The van der Waals surface area contributed by atoms with E-state index in [4.69, 9.17) is 4.42 Å². The number of H-pyrrole nitrogens is 1. The molecule has 0 amide bonds. The summed E-state index contributed by atoms with van der Waals surface area (Å²) in [6.07, 6.45) is 0.978. The molecule has 4 rings (SSSR count). The maximum Gasteiger partial charge on any atom is 0.174 e. The first-order valence-corrected chi connectivity index (χ1v) is 6.17. The maximum atomic E-state index is 5.82. The van der Waals surface area contributed by atoms with Crippen molar-refractivity contribution in [2.45, 2.75) is 13.0 Å². The second kappa shape index (κ2) is 3.71. The number of hydrogen-bond acceptors (Lipinski definition) is 3. The van der Waals surface area contributed by atoms with Gasteiger partial charge < -0.3 is 14.7 Å². The number of para-hydroxylation sites is 1. The lowest BCUT2D eigenvalue weighted by Crippen LogP contribution is -2.23. The second-order valence-corrected chi connectivity index (χ2v) is 4.59. The lowest BCUT2D eigenvalue weighted by atomic mass is 10.2. The number of aromatic nitrogens is 2. The second-order valence-electron chi connectivity index (χ2n) is 4.59. The molecule has 1 aromatic carbocycles. The first-order valence-electron chi connectivity index (χ1n) is 6.17. The van der Waals surface area contributed by atoms with E-state index in [2.05, 4.69) is 15.3 Å². The van der Waals surface area contributed by atoms with E-state index < -0.39 is 0 Å². The van der Waals surface area contributed by atoms with E-state index in [1.54, 1.807) is 0 Å². The number of nitrogens with one attached hydrogen (secondary N) is 2. The Kier molecular flexibility index (Phi) is 2.04. The first kappa shape index (κ1) is 9.91. The van der Waals surface area contributed by atoms with Crippen LogP contribution in [0.15, 0.2) is 34.7 Å². The van der Waals surface area contributed by atoms with E-state index in [0.717, 1.165) is 47.8 Å². The third-order valence-corrected chi connectivity index (χ3v) is 3.36. The topological polar surface area (TPSA) is 53.9 Å². The van der Waals surface area contributed by atoms with Gasteiger partial charge in [0.1, 0.15) is 5.58 Å². The van der Waals surface area contributed by atoms with Crippen LogP contribution >= 0.6 is 0 Å². The lowest BCUT2D eigenvalue weighted by molar-refractivity contribution is 0.625. The van der Waals surface area contributed by atoms with Crippen molar-refractivity contribution < 1.29 is 4.42 Å². The van der Waals surface area contributed by atoms with E-state index >= 15 is 0 Å². The van der Waals surface area contributed by atoms with Gasteiger partial charge in [0, 0.05) is 24.9 Å². The fourth-order valence-electron chi connectivity index (χ4n) is 2.43. The molecule has 0 saturated heterocycles. The van der Waals surface area contributed by atoms with Gasteiger partial charge in [0.2, 0.25) is 0 Å². The van der Waals surface area contributed by atoms with Gasteiger partial charge >= 0.3 is 0 Å². The molecule has 2 aromatic heterocycles. The molecular weight excluding hydrogens is 226 g/mol. The molecule has 1 aliphatic heterocycles. The molecule has 4 nitrogen and oxygen atoms in total. The van der Waals surface area contributed by atoms with Gasteiger partial charge in [-0.3, -0.25) is 0 Å². The van der Waals surface area contributed by atoms with E-state index in [-0.39, 0.29) is 0 Å². The molecule has 0 radical (unpaired) electrons. The molecule has 18 heavy (non-hydrogen) atoms. The zero-order valence-electron chi connectivity index (χ0n) is 9.86. The van der Waals surface area contributed by atoms with Crippen LogP contribution in [0.2, 0.25) is 0 Å². The van der Waals surface area contributed by atoms with Crippen molar-refractivity contribution >= 4 is 11.0 Å². The monoisotopic (exact) mass is 239 g/mol. The molecule has 2 N–H and O–H groups in total. The molecule has 1 aliphatic rings. The Bertz CT molecular complexity index is 654. The average molecular weight is 239 g/mol. The van der Waals surface area contributed by atoms with Gasteiger partial charge in [-0.05, 0) is 12.1 Å². The van der Waals surface area contributed by atoms with Crippen molar-refractivity contribution in [2.75, 3.05) is 6.54 Å². The highest BCUT2D eigenvalue weighted by molar-refractivity contribution is 5.81. The maximum absolute atomic E-state index is 5.82. The minimum atomic E-state index is 0.811. The van der Waals surface area contributed by atoms with Crippen LogP contribution in [-0.2, 0) is 13.0 Å². The van der Waals surface area contributed by atoms with Crippen molar-refractivity contribution in [3.63, 3.8) is 0 Å². The fraction of sp³-hybridized carbons (Fsp3) is 0.214. The molecule has 90 valence electrons. The Morgan fingerprint density at radius 3 is 3.06 bits per heavy atom. The van der Waals surface area contributed by atoms with Crippen molar-refractivity contribution in [3.8, 4) is 11.6 Å². The van der Waals surface area contributed by atoms with E-state index in [0.29, 0.717) is 0 Å². The first-order chi connectivity index (χ1) is 8.90. The highest BCUT2D eigenvalue weighted by Gasteiger charge is 2.16. The Hall–Kier alpha value is -2.07. The molecule has 0 aliphatic carbocycles. The largest absolute Gasteiger partial charge is 0.453 e. The molecule has 3 aromatic rings. The number of benzene rings is 1. The molecule has 0 fully saturated rings. The van der Waals surface area contributed by atoms with Crippen molar-refractivity contribution in [2.24, 2.45) is 0 Å². The van der Waals surface area contributed by atoms with Crippen LogP contribution in [-0.4, -0.2) is 16.5 Å². The Morgan fingerprint density at radius 1 is 1.22 bits per heavy atom. The molecule has 3 heterocycles. The SMILES string of the molecule is c1ccc2oc(-c3nc4c([nH]3)CNCC4)cc2c1. The van der Waals surface area contributed by atoms with Crippen LogP contribution in [0.4, 0.5) is 0 Å². The van der Waals surface area contributed by atoms with Gasteiger partial charge in [0.05, 0.1) is 11.4 Å². The Balaban J connectivity index is 1.84. The summed E-state index contributed by atoms with van der Waals surface area (Å²) in [5.74, 6) is 1.64. The highest BCUT2D eigenvalue weighted by atomic mass is 16.3. The summed E-state index contributed by atoms with van der Waals surface area (Å²) in [4.78, 5) is 7.97. The van der Waals surface area contributed by atoms with Crippen LogP contribution in [0.5, 0.6) is 0 Å². The number of hydrogen-bond donors (Lipinski definition) is 2. The summed E-state index contributed by atoms with van der Waals surface area (Å²) < 4.78 is 5.82. The van der Waals surface area contributed by atoms with E-state index in [1.807, 2.05) is 30.3 Å². The van der Waals surface area contributed by atoms with Gasteiger partial charge in [-0.2, -0.15) is 0 Å². The molecule has 0 saturated carbocycles. The summed E-state index contributed by atoms with van der Waals surface area (Å²) in [5.41, 5.74) is 3.24. The molecule has 0 atom stereocenters. The third-order valence-electron chi connectivity index (χ3n) is 3.36. The smallest absolute Gasteiger partial charge is 0.174 e. The summed E-state index contributed by atoms with van der Waals surface area (Å²) in [6, 6.07) is 10.1. The van der Waals surface area contributed by atoms with Crippen molar-refractivity contribution in [1.82, 2.24) is 15.3 Å². The number of furan rings is 1. The van der Waals surface area contributed by atoms with Crippen LogP contribution < -0.4 is 5.32 Å².